The quantitative estimate of drug-likeness (QED) is 0.149. The second-order valence-corrected chi connectivity index (χ2v) is 16.9. The zero-order valence-corrected chi connectivity index (χ0v) is 35.0. The van der Waals surface area contributed by atoms with Crippen LogP contribution in [0.3, 0.4) is 0 Å². The molecule has 0 fully saturated rings. The molecule has 1 aromatic heterocycles. The first-order chi connectivity index (χ1) is 30.2. The molecule has 300 valence electrons. The van der Waals surface area contributed by atoms with Gasteiger partial charge in [0.25, 0.3) is 0 Å². The Morgan fingerprint density at radius 2 is 0.855 bits per heavy atom. The summed E-state index contributed by atoms with van der Waals surface area (Å²) in [6, 6.07) is 69.9. The fraction of sp³-hybridized carbons (Fsp3) is 0.0893. The maximum atomic E-state index is 6.02. The fourth-order valence-corrected chi connectivity index (χ4v) is 8.38. The number of hydrogen-bond donors (Lipinski definition) is 2. The van der Waals surface area contributed by atoms with E-state index in [1.807, 2.05) is 72.8 Å². The lowest BCUT2D eigenvalue weighted by atomic mass is 9.91. The van der Waals surface area contributed by atoms with Gasteiger partial charge in [-0.1, -0.05) is 172 Å². The van der Waals surface area contributed by atoms with Gasteiger partial charge in [0.15, 0.2) is 17.5 Å². The molecule has 9 aromatic rings. The molecular formula is C56H46N6. The zero-order valence-electron chi connectivity index (χ0n) is 35.0. The Morgan fingerprint density at radius 1 is 0.419 bits per heavy atom. The molecule has 0 amide bonds. The molecule has 0 saturated carbocycles. The molecule has 8 aromatic carbocycles. The molecule has 6 heteroatoms. The summed E-state index contributed by atoms with van der Waals surface area (Å²) in [7, 11) is 0. The van der Waals surface area contributed by atoms with Gasteiger partial charge in [-0.2, -0.15) is 0 Å². The van der Waals surface area contributed by atoms with Crippen molar-refractivity contribution in [3.8, 4) is 78.7 Å². The average Bonchev–Trinajstić information content (AvgIpc) is 3.72. The molecule has 10 rings (SSSR count). The van der Waals surface area contributed by atoms with E-state index in [9.17, 15) is 0 Å². The Kier molecular flexibility index (Phi) is 9.89. The summed E-state index contributed by atoms with van der Waals surface area (Å²) in [4.78, 5) is 17.4. The van der Waals surface area contributed by atoms with Crippen molar-refractivity contribution < 1.29 is 0 Å². The van der Waals surface area contributed by atoms with Gasteiger partial charge in [0, 0.05) is 33.5 Å². The SMILES string of the molecule is CC(C)(C)C1Nc2ccc(-c3ccc(N)cc3)cc2N1c1ccc(-c2cccc(-c3ccccc3-c3cccc(-c4nc(-c5ccccc5)nc(-c5ccccc5)n4)c3)c2)cc1. The molecule has 0 bridgehead atoms. The molecule has 1 unspecified atom stereocenters. The van der Waals surface area contributed by atoms with E-state index < -0.39 is 0 Å². The van der Waals surface area contributed by atoms with Gasteiger partial charge in [-0.05, 0) is 93.0 Å². The van der Waals surface area contributed by atoms with Gasteiger partial charge in [0.05, 0.1) is 11.4 Å². The van der Waals surface area contributed by atoms with Crippen LogP contribution in [-0.4, -0.2) is 21.1 Å². The summed E-state index contributed by atoms with van der Waals surface area (Å²) in [5.74, 6) is 1.92. The van der Waals surface area contributed by atoms with Gasteiger partial charge in [-0.15, -0.1) is 0 Å². The first-order valence-electron chi connectivity index (χ1n) is 21.1. The largest absolute Gasteiger partial charge is 0.399 e. The Morgan fingerprint density at radius 3 is 1.42 bits per heavy atom. The lowest BCUT2D eigenvalue weighted by molar-refractivity contribution is 0.351. The van der Waals surface area contributed by atoms with Crippen LogP contribution in [0.2, 0.25) is 0 Å². The number of benzene rings is 8. The van der Waals surface area contributed by atoms with Crippen LogP contribution in [0, 0.1) is 5.41 Å². The number of anilines is 4. The molecule has 3 N–H and O–H groups in total. The Balaban J connectivity index is 0.973. The van der Waals surface area contributed by atoms with E-state index in [2.05, 4.69) is 158 Å². The Hall–Kier alpha value is -7.83. The minimum atomic E-state index is -0.0399. The smallest absolute Gasteiger partial charge is 0.164 e. The zero-order chi connectivity index (χ0) is 42.2. The van der Waals surface area contributed by atoms with E-state index in [0.717, 1.165) is 78.3 Å². The van der Waals surface area contributed by atoms with Crippen molar-refractivity contribution in [2.75, 3.05) is 16.0 Å². The highest BCUT2D eigenvalue weighted by molar-refractivity contribution is 5.89. The van der Waals surface area contributed by atoms with Gasteiger partial charge in [0.1, 0.15) is 6.17 Å². The van der Waals surface area contributed by atoms with Crippen LogP contribution in [0.5, 0.6) is 0 Å². The number of nitrogens with zero attached hydrogens (tertiary/aromatic N) is 4. The molecule has 1 aliphatic rings. The first kappa shape index (κ1) is 38.4. The van der Waals surface area contributed by atoms with E-state index in [0.29, 0.717) is 17.5 Å². The molecular weight excluding hydrogens is 757 g/mol. The van der Waals surface area contributed by atoms with E-state index in [1.165, 1.54) is 5.69 Å². The maximum Gasteiger partial charge on any atom is 0.164 e. The summed E-state index contributed by atoms with van der Waals surface area (Å²) in [6.07, 6.45) is 0.0743. The minimum absolute atomic E-state index is 0.0399. The summed E-state index contributed by atoms with van der Waals surface area (Å²) >= 11 is 0. The van der Waals surface area contributed by atoms with Crippen molar-refractivity contribution in [2.24, 2.45) is 5.41 Å². The molecule has 0 spiro atoms. The van der Waals surface area contributed by atoms with Crippen LogP contribution in [0.1, 0.15) is 20.8 Å². The van der Waals surface area contributed by atoms with Crippen molar-refractivity contribution in [1.29, 1.82) is 0 Å². The Bertz CT molecular complexity index is 2970. The molecule has 6 nitrogen and oxygen atoms in total. The number of hydrogen-bond acceptors (Lipinski definition) is 6. The van der Waals surface area contributed by atoms with Gasteiger partial charge in [-0.25, -0.2) is 15.0 Å². The van der Waals surface area contributed by atoms with Gasteiger partial charge in [-0.3, -0.25) is 0 Å². The van der Waals surface area contributed by atoms with Gasteiger partial charge >= 0.3 is 0 Å². The highest BCUT2D eigenvalue weighted by Crippen LogP contribution is 2.47. The van der Waals surface area contributed by atoms with Crippen LogP contribution < -0.4 is 16.0 Å². The second-order valence-electron chi connectivity index (χ2n) is 16.9. The predicted molar refractivity (Wildman–Crippen MR) is 258 cm³/mol. The van der Waals surface area contributed by atoms with Crippen molar-refractivity contribution in [2.45, 2.75) is 26.9 Å². The van der Waals surface area contributed by atoms with Gasteiger partial charge < -0.3 is 16.0 Å². The molecule has 62 heavy (non-hydrogen) atoms. The molecule has 1 atom stereocenters. The standard InChI is InChI=1S/C56H46N6/c1-56(2,3)55-58-50-33-28-42(37-24-29-46(57)30-25-37)36-51(50)62(55)47-31-26-38(27-32-47)41-18-12-19-43(34-41)48-22-10-11-23-49(48)44-20-13-21-45(35-44)54-60-52(39-14-6-4-7-15-39)59-53(61-54)40-16-8-5-9-17-40/h4-36,55,58H,57H2,1-3H3. The number of rotatable bonds is 8. The molecule has 0 aliphatic carbocycles. The highest BCUT2D eigenvalue weighted by atomic mass is 15.3. The number of aromatic nitrogens is 3. The summed E-state index contributed by atoms with van der Waals surface area (Å²) in [5.41, 5.74) is 22.1. The van der Waals surface area contributed by atoms with E-state index in [-0.39, 0.29) is 11.6 Å². The summed E-state index contributed by atoms with van der Waals surface area (Å²) in [5, 5.41) is 3.83. The molecule has 0 radical (unpaired) electrons. The topological polar surface area (TPSA) is 80.0 Å². The minimum Gasteiger partial charge on any atom is -0.399 e. The predicted octanol–water partition coefficient (Wildman–Crippen LogP) is 14.1. The van der Waals surface area contributed by atoms with Crippen LogP contribution in [-0.2, 0) is 0 Å². The first-order valence-corrected chi connectivity index (χ1v) is 21.1. The van der Waals surface area contributed by atoms with E-state index >= 15 is 0 Å². The molecule has 1 aliphatic heterocycles. The fourth-order valence-electron chi connectivity index (χ4n) is 8.38. The Labute approximate surface area is 363 Å². The van der Waals surface area contributed by atoms with Crippen LogP contribution in [0.4, 0.5) is 22.7 Å². The summed E-state index contributed by atoms with van der Waals surface area (Å²) in [6.45, 7) is 6.86. The monoisotopic (exact) mass is 802 g/mol. The lowest BCUT2D eigenvalue weighted by Crippen LogP contribution is -2.42. The average molecular weight is 803 g/mol. The third-order valence-electron chi connectivity index (χ3n) is 11.6. The maximum absolute atomic E-state index is 6.02. The summed E-state index contributed by atoms with van der Waals surface area (Å²) < 4.78 is 0. The third kappa shape index (κ3) is 7.59. The highest BCUT2D eigenvalue weighted by Gasteiger charge is 2.38. The number of fused-ring (bicyclic) bond motifs is 1. The number of nitrogens with two attached hydrogens (primary N) is 1. The molecule has 0 saturated heterocycles. The lowest BCUT2D eigenvalue weighted by Gasteiger charge is -2.36. The van der Waals surface area contributed by atoms with Gasteiger partial charge in [0.2, 0.25) is 0 Å². The van der Waals surface area contributed by atoms with Crippen LogP contribution in [0.15, 0.2) is 200 Å². The number of nitrogen functional groups attached to an aromatic ring is 1. The second kappa shape index (κ2) is 16.0. The van der Waals surface area contributed by atoms with Crippen LogP contribution in [0.25, 0.3) is 78.7 Å². The van der Waals surface area contributed by atoms with Crippen molar-refractivity contribution in [3.63, 3.8) is 0 Å². The normalized spacial score (nSPS) is 13.4. The van der Waals surface area contributed by atoms with Crippen molar-refractivity contribution >= 4 is 22.7 Å². The van der Waals surface area contributed by atoms with Crippen molar-refractivity contribution in [1.82, 2.24) is 15.0 Å². The van der Waals surface area contributed by atoms with E-state index in [1.54, 1.807) is 0 Å². The van der Waals surface area contributed by atoms with E-state index in [4.69, 9.17) is 20.7 Å². The van der Waals surface area contributed by atoms with Crippen molar-refractivity contribution in [3.05, 3.63) is 200 Å². The molecule has 2 heterocycles. The number of nitrogens with one attached hydrogen (secondary N) is 1. The van der Waals surface area contributed by atoms with Crippen LogP contribution >= 0.6 is 0 Å². The third-order valence-corrected chi connectivity index (χ3v) is 11.6.